The SMILES string of the molecule is O=Cc1cn(-c2nc3ncccc3cc2-c2ccccc2)nc1-c1ccc(Cl)cc1. The molecule has 0 aliphatic carbocycles. The minimum absolute atomic E-state index is 0.472. The number of carbonyl (C=O) groups excluding carboxylic acids is 1. The molecule has 144 valence electrons. The first kappa shape index (κ1) is 18.2. The molecule has 0 saturated heterocycles. The van der Waals surface area contributed by atoms with Crippen molar-refractivity contribution in [1.29, 1.82) is 0 Å². The van der Waals surface area contributed by atoms with E-state index in [-0.39, 0.29) is 0 Å². The Hall–Kier alpha value is -3.83. The Kier molecular flexibility index (Phi) is 4.58. The van der Waals surface area contributed by atoms with Gasteiger partial charge in [0.2, 0.25) is 0 Å². The molecule has 0 unspecified atom stereocenters. The molecule has 0 fully saturated rings. The Morgan fingerprint density at radius 2 is 1.70 bits per heavy atom. The number of carbonyl (C=O) groups is 1. The summed E-state index contributed by atoms with van der Waals surface area (Å²) in [4.78, 5) is 20.9. The van der Waals surface area contributed by atoms with E-state index in [0.29, 0.717) is 27.7 Å². The molecule has 0 aliphatic heterocycles. The molecule has 0 radical (unpaired) electrons. The van der Waals surface area contributed by atoms with Crippen LogP contribution in [0.4, 0.5) is 0 Å². The normalized spacial score (nSPS) is 11.0. The number of aldehydes is 1. The predicted octanol–water partition coefficient (Wildman–Crippen LogP) is 5.62. The topological polar surface area (TPSA) is 60.7 Å². The second-order valence-corrected chi connectivity index (χ2v) is 7.21. The molecule has 0 N–H and O–H groups in total. The monoisotopic (exact) mass is 410 g/mol. The lowest BCUT2D eigenvalue weighted by molar-refractivity contribution is 0.112. The van der Waals surface area contributed by atoms with Gasteiger partial charge in [-0.1, -0.05) is 54.1 Å². The summed E-state index contributed by atoms with van der Waals surface area (Å²) in [5, 5.41) is 6.25. The highest BCUT2D eigenvalue weighted by molar-refractivity contribution is 6.30. The zero-order valence-corrected chi connectivity index (χ0v) is 16.5. The van der Waals surface area contributed by atoms with Crippen LogP contribution in [0, 0.1) is 0 Å². The van der Waals surface area contributed by atoms with Gasteiger partial charge in [0.15, 0.2) is 17.8 Å². The van der Waals surface area contributed by atoms with Crippen molar-refractivity contribution < 1.29 is 4.79 Å². The number of hydrogen-bond donors (Lipinski definition) is 0. The number of aromatic nitrogens is 4. The highest BCUT2D eigenvalue weighted by atomic mass is 35.5. The second kappa shape index (κ2) is 7.54. The Morgan fingerprint density at radius 1 is 0.900 bits per heavy atom. The zero-order chi connectivity index (χ0) is 20.5. The number of nitrogens with zero attached hydrogens (tertiary/aromatic N) is 4. The van der Waals surface area contributed by atoms with Gasteiger partial charge in [-0.05, 0) is 35.9 Å². The van der Waals surface area contributed by atoms with Gasteiger partial charge in [-0.2, -0.15) is 5.10 Å². The molecule has 30 heavy (non-hydrogen) atoms. The molecule has 3 aromatic heterocycles. The van der Waals surface area contributed by atoms with E-state index < -0.39 is 0 Å². The molecule has 2 aromatic carbocycles. The van der Waals surface area contributed by atoms with E-state index in [1.165, 1.54) is 0 Å². The fraction of sp³-hybridized carbons (Fsp3) is 0. The average molecular weight is 411 g/mol. The van der Waals surface area contributed by atoms with Crippen LogP contribution in [0.5, 0.6) is 0 Å². The van der Waals surface area contributed by atoms with E-state index in [9.17, 15) is 4.79 Å². The van der Waals surface area contributed by atoms with E-state index >= 15 is 0 Å². The van der Waals surface area contributed by atoms with Crippen LogP contribution in [0.1, 0.15) is 10.4 Å². The summed E-state index contributed by atoms with van der Waals surface area (Å²) in [5.41, 5.74) is 4.37. The Morgan fingerprint density at radius 3 is 2.47 bits per heavy atom. The molecule has 5 aromatic rings. The Bertz CT molecular complexity index is 1360. The van der Waals surface area contributed by atoms with Crippen molar-refractivity contribution in [3.63, 3.8) is 0 Å². The molecule has 0 amide bonds. The average Bonchev–Trinajstić information content (AvgIpc) is 3.23. The van der Waals surface area contributed by atoms with Gasteiger partial charge >= 0.3 is 0 Å². The lowest BCUT2D eigenvalue weighted by Crippen LogP contribution is -2.02. The molecule has 0 spiro atoms. The second-order valence-electron chi connectivity index (χ2n) is 6.78. The van der Waals surface area contributed by atoms with Crippen molar-refractivity contribution in [1.82, 2.24) is 19.7 Å². The molecule has 3 heterocycles. The minimum atomic E-state index is 0.472. The highest BCUT2D eigenvalue weighted by Gasteiger charge is 2.17. The predicted molar refractivity (Wildman–Crippen MR) is 118 cm³/mol. The highest BCUT2D eigenvalue weighted by Crippen LogP contribution is 2.30. The molecule has 6 heteroatoms. The van der Waals surface area contributed by atoms with E-state index in [2.05, 4.69) is 4.98 Å². The van der Waals surface area contributed by atoms with E-state index in [1.54, 1.807) is 29.2 Å². The van der Waals surface area contributed by atoms with Gasteiger partial charge in [0.1, 0.15) is 5.69 Å². The first-order valence-corrected chi connectivity index (χ1v) is 9.73. The molecule has 0 bridgehead atoms. The number of benzene rings is 2. The maximum Gasteiger partial charge on any atom is 0.163 e. The van der Waals surface area contributed by atoms with Crippen LogP contribution in [0.2, 0.25) is 5.02 Å². The van der Waals surface area contributed by atoms with Crippen LogP contribution in [0.25, 0.3) is 39.2 Å². The lowest BCUT2D eigenvalue weighted by atomic mass is 10.1. The van der Waals surface area contributed by atoms with Gasteiger partial charge < -0.3 is 0 Å². The van der Waals surface area contributed by atoms with Crippen LogP contribution >= 0.6 is 11.6 Å². The summed E-state index contributed by atoms with van der Waals surface area (Å²) >= 11 is 6.01. The number of rotatable bonds is 4. The van der Waals surface area contributed by atoms with Crippen LogP contribution in [-0.4, -0.2) is 26.0 Å². The summed E-state index contributed by atoms with van der Waals surface area (Å²) in [5.74, 6) is 0.607. The molecule has 0 atom stereocenters. The van der Waals surface area contributed by atoms with Crippen molar-refractivity contribution in [2.24, 2.45) is 0 Å². The van der Waals surface area contributed by atoms with E-state index in [0.717, 1.165) is 28.4 Å². The van der Waals surface area contributed by atoms with Crippen molar-refractivity contribution in [3.05, 3.63) is 95.8 Å². The third kappa shape index (κ3) is 3.25. The summed E-state index contributed by atoms with van der Waals surface area (Å²) in [6.07, 6.45) is 4.20. The molecule has 5 nitrogen and oxygen atoms in total. The summed E-state index contributed by atoms with van der Waals surface area (Å²) in [7, 11) is 0. The number of hydrogen-bond acceptors (Lipinski definition) is 4. The summed E-state index contributed by atoms with van der Waals surface area (Å²) in [6.45, 7) is 0. The molecular weight excluding hydrogens is 396 g/mol. The maximum atomic E-state index is 11.8. The number of pyridine rings is 2. The van der Waals surface area contributed by atoms with Crippen molar-refractivity contribution in [2.75, 3.05) is 0 Å². The molecule has 5 rings (SSSR count). The van der Waals surface area contributed by atoms with Crippen molar-refractivity contribution in [2.45, 2.75) is 0 Å². The zero-order valence-electron chi connectivity index (χ0n) is 15.7. The largest absolute Gasteiger partial charge is 0.298 e. The van der Waals surface area contributed by atoms with Gasteiger partial charge in [0, 0.05) is 33.9 Å². The van der Waals surface area contributed by atoms with Gasteiger partial charge in [-0.3, -0.25) is 4.79 Å². The van der Waals surface area contributed by atoms with Gasteiger partial charge in [0.25, 0.3) is 0 Å². The quantitative estimate of drug-likeness (QED) is 0.361. The first-order chi connectivity index (χ1) is 14.7. The molecule has 0 aliphatic rings. The Labute approximate surface area is 177 Å². The van der Waals surface area contributed by atoms with Crippen LogP contribution in [0.15, 0.2) is 85.2 Å². The summed E-state index contributed by atoms with van der Waals surface area (Å²) < 4.78 is 1.64. The van der Waals surface area contributed by atoms with E-state index in [4.69, 9.17) is 21.7 Å². The molecular formula is C24H15ClN4O. The lowest BCUT2D eigenvalue weighted by Gasteiger charge is -2.10. The van der Waals surface area contributed by atoms with Crippen LogP contribution < -0.4 is 0 Å². The minimum Gasteiger partial charge on any atom is -0.298 e. The van der Waals surface area contributed by atoms with Crippen molar-refractivity contribution in [3.8, 4) is 28.2 Å². The van der Waals surface area contributed by atoms with E-state index in [1.807, 2.05) is 60.7 Å². The standard InChI is InChI=1S/C24H15ClN4O/c25-20-10-8-17(9-11-20)22-19(15-30)14-29(28-22)24-21(16-5-2-1-3-6-16)13-18-7-4-12-26-23(18)27-24/h1-15H. The number of fused-ring (bicyclic) bond motifs is 1. The maximum absolute atomic E-state index is 11.8. The molecule has 0 saturated carbocycles. The van der Waals surface area contributed by atoms with Gasteiger partial charge in [-0.15, -0.1) is 0 Å². The fourth-order valence-corrected chi connectivity index (χ4v) is 3.54. The van der Waals surface area contributed by atoms with Gasteiger partial charge in [0.05, 0.1) is 5.56 Å². The Balaban J connectivity index is 1.75. The third-order valence-corrected chi connectivity index (χ3v) is 5.11. The van der Waals surface area contributed by atoms with Gasteiger partial charge in [-0.25, -0.2) is 14.6 Å². The van der Waals surface area contributed by atoms with Crippen molar-refractivity contribution >= 4 is 28.9 Å². The number of halogens is 1. The first-order valence-electron chi connectivity index (χ1n) is 9.35. The summed E-state index contributed by atoms with van der Waals surface area (Å²) in [6, 6.07) is 23.1. The van der Waals surface area contributed by atoms with Crippen LogP contribution in [-0.2, 0) is 0 Å². The fourth-order valence-electron chi connectivity index (χ4n) is 3.41. The smallest absolute Gasteiger partial charge is 0.163 e. The van der Waals surface area contributed by atoms with Crippen LogP contribution in [0.3, 0.4) is 0 Å². The third-order valence-electron chi connectivity index (χ3n) is 4.86.